The number of likely N-dealkylation sites (tertiary alicyclic amines) is 1. The Bertz CT molecular complexity index is 743. The van der Waals surface area contributed by atoms with Crippen molar-refractivity contribution in [3.63, 3.8) is 0 Å². The standard InChI is InChI=1S/C21H33N5S2.HI/c1-5-22-20(23-12-19-25-18(15-28-19)21(2,3)4)24-17-6-9-26(10-7-17)13-16-8-11-27-14-16;/h8,11,14-15,17H,5-7,9-10,12-13H2,1-4H3,(H2,22,23,24);1H. The van der Waals surface area contributed by atoms with E-state index in [0.29, 0.717) is 12.6 Å². The first-order valence-corrected chi connectivity index (χ1v) is 12.0. The molecule has 162 valence electrons. The largest absolute Gasteiger partial charge is 0.357 e. The van der Waals surface area contributed by atoms with Crippen LogP contribution in [0.5, 0.6) is 0 Å². The fourth-order valence-corrected chi connectivity index (χ4v) is 4.87. The van der Waals surface area contributed by atoms with Crippen molar-refractivity contribution in [1.82, 2.24) is 20.5 Å². The number of guanidine groups is 1. The Labute approximate surface area is 200 Å². The molecule has 3 heterocycles. The van der Waals surface area contributed by atoms with E-state index >= 15 is 0 Å². The van der Waals surface area contributed by atoms with E-state index in [4.69, 9.17) is 9.98 Å². The first-order valence-electron chi connectivity index (χ1n) is 10.2. The minimum Gasteiger partial charge on any atom is -0.357 e. The average Bonchev–Trinajstić information content (AvgIpc) is 3.33. The van der Waals surface area contributed by atoms with Gasteiger partial charge in [-0.2, -0.15) is 11.3 Å². The molecular weight excluding hydrogens is 513 g/mol. The third-order valence-corrected chi connectivity index (χ3v) is 6.52. The second kappa shape index (κ2) is 11.6. The summed E-state index contributed by atoms with van der Waals surface area (Å²) in [6.45, 7) is 13.6. The Morgan fingerprint density at radius 1 is 1.28 bits per heavy atom. The Kier molecular flexibility index (Phi) is 9.84. The molecule has 5 nitrogen and oxygen atoms in total. The molecule has 0 unspecified atom stereocenters. The number of aromatic nitrogens is 1. The third-order valence-electron chi connectivity index (χ3n) is 4.95. The summed E-state index contributed by atoms with van der Waals surface area (Å²) >= 11 is 3.49. The maximum absolute atomic E-state index is 4.78. The first kappa shape index (κ1) is 24.6. The topological polar surface area (TPSA) is 52.6 Å². The van der Waals surface area contributed by atoms with Crippen molar-refractivity contribution in [2.24, 2.45) is 4.99 Å². The van der Waals surface area contributed by atoms with Gasteiger partial charge in [-0.3, -0.25) is 4.90 Å². The highest BCUT2D eigenvalue weighted by atomic mass is 127. The Morgan fingerprint density at radius 2 is 2.03 bits per heavy atom. The highest BCUT2D eigenvalue weighted by Crippen LogP contribution is 2.24. The molecule has 0 atom stereocenters. The third kappa shape index (κ3) is 7.80. The van der Waals surface area contributed by atoms with Crippen molar-refractivity contribution in [2.45, 2.75) is 65.1 Å². The fourth-order valence-electron chi connectivity index (χ4n) is 3.26. The van der Waals surface area contributed by atoms with Crippen molar-refractivity contribution in [1.29, 1.82) is 0 Å². The number of hydrogen-bond acceptors (Lipinski definition) is 5. The van der Waals surface area contributed by atoms with Gasteiger partial charge in [0.2, 0.25) is 0 Å². The zero-order valence-corrected chi connectivity index (χ0v) is 21.9. The summed E-state index contributed by atoms with van der Waals surface area (Å²) in [6, 6.07) is 2.71. The van der Waals surface area contributed by atoms with Gasteiger partial charge in [-0.1, -0.05) is 20.8 Å². The quantitative estimate of drug-likeness (QED) is 0.309. The smallest absolute Gasteiger partial charge is 0.191 e. The van der Waals surface area contributed by atoms with E-state index in [1.807, 2.05) is 0 Å². The van der Waals surface area contributed by atoms with Gasteiger partial charge in [-0.15, -0.1) is 35.3 Å². The monoisotopic (exact) mass is 547 g/mol. The maximum atomic E-state index is 4.78. The number of hydrogen-bond donors (Lipinski definition) is 2. The van der Waals surface area contributed by atoms with Crippen molar-refractivity contribution < 1.29 is 0 Å². The Hall–Kier alpha value is -0.710. The molecule has 1 saturated heterocycles. The number of piperidine rings is 1. The molecular formula is C21H34IN5S2. The molecule has 1 aliphatic heterocycles. The molecule has 2 N–H and O–H groups in total. The molecule has 0 spiro atoms. The maximum Gasteiger partial charge on any atom is 0.191 e. The minimum absolute atomic E-state index is 0. The Balaban J connectivity index is 0.00000300. The lowest BCUT2D eigenvalue weighted by molar-refractivity contribution is 0.198. The van der Waals surface area contributed by atoms with Gasteiger partial charge in [0.15, 0.2) is 5.96 Å². The summed E-state index contributed by atoms with van der Waals surface area (Å²) < 4.78 is 0. The van der Waals surface area contributed by atoms with Gasteiger partial charge in [-0.05, 0) is 42.2 Å². The lowest BCUT2D eigenvalue weighted by Gasteiger charge is -2.32. The fraction of sp³-hybridized carbons (Fsp3) is 0.619. The normalized spacial score (nSPS) is 16.5. The second-order valence-corrected chi connectivity index (χ2v) is 10.1. The number of nitrogens with zero attached hydrogens (tertiary/aromatic N) is 3. The number of thiophene rings is 1. The van der Waals surface area contributed by atoms with Crippen LogP contribution in [0.3, 0.4) is 0 Å². The van der Waals surface area contributed by atoms with Crippen molar-refractivity contribution >= 4 is 52.6 Å². The van der Waals surface area contributed by atoms with Gasteiger partial charge in [-0.25, -0.2) is 9.98 Å². The highest BCUT2D eigenvalue weighted by molar-refractivity contribution is 14.0. The lowest BCUT2D eigenvalue weighted by Crippen LogP contribution is -2.48. The van der Waals surface area contributed by atoms with Gasteiger partial charge in [0.1, 0.15) is 5.01 Å². The summed E-state index contributed by atoms with van der Waals surface area (Å²) in [5.74, 6) is 0.909. The predicted molar refractivity (Wildman–Crippen MR) is 137 cm³/mol. The molecule has 2 aromatic rings. The van der Waals surface area contributed by atoms with E-state index in [-0.39, 0.29) is 29.4 Å². The number of nitrogens with one attached hydrogen (secondary N) is 2. The van der Waals surface area contributed by atoms with Crippen LogP contribution in [0, 0.1) is 0 Å². The second-order valence-electron chi connectivity index (χ2n) is 8.40. The van der Waals surface area contributed by atoms with E-state index in [2.05, 4.69) is 65.4 Å². The molecule has 0 aromatic carbocycles. The van der Waals surface area contributed by atoms with E-state index in [9.17, 15) is 0 Å². The molecule has 3 rings (SSSR count). The zero-order valence-electron chi connectivity index (χ0n) is 17.9. The summed E-state index contributed by atoms with van der Waals surface area (Å²) in [5.41, 5.74) is 2.68. The lowest BCUT2D eigenvalue weighted by atomic mass is 9.93. The summed E-state index contributed by atoms with van der Waals surface area (Å²) in [5, 5.41) is 14.7. The number of aliphatic imine (C=N–C) groups is 1. The zero-order chi connectivity index (χ0) is 20.0. The molecule has 0 amide bonds. The van der Waals surface area contributed by atoms with Crippen molar-refractivity contribution in [3.05, 3.63) is 38.5 Å². The molecule has 1 aliphatic rings. The van der Waals surface area contributed by atoms with Crippen LogP contribution in [-0.2, 0) is 18.5 Å². The van der Waals surface area contributed by atoms with Crippen LogP contribution in [0.15, 0.2) is 27.2 Å². The predicted octanol–water partition coefficient (Wildman–Crippen LogP) is 4.84. The number of rotatable bonds is 6. The molecule has 0 aliphatic carbocycles. The molecule has 0 saturated carbocycles. The average molecular weight is 548 g/mol. The molecule has 1 fully saturated rings. The molecule has 0 bridgehead atoms. The van der Waals surface area contributed by atoms with Crippen molar-refractivity contribution in [3.8, 4) is 0 Å². The van der Waals surface area contributed by atoms with Gasteiger partial charge >= 0.3 is 0 Å². The molecule has 0 radical (unpaired) electrons. The summed E-state index contributed by atoms with van der Waals surface area (Å²) in [4.78, 5) is 12.1. The van der Waals surface area contributed by atoms with E-state index in [1.54, 1.807) is 22.7 Å². The van der Waals surface area contributed by atoms with Crippen LogP contribution < -0.4 is 10.6 Å². The number of thiazole rings is 1. The minimum atomic E-state index is 0. The SMILES string of the molecule is CCNC(=NCc1nc(C(C)(C)C)cs1)NC1CCN(Cc2ccsc2)CC1.I. The number of halogens is 1. The molecule has 8 heteroatoms. The van der Waals surface area contributed by atoms with E-state index < -0.39 is 0 Å². The highest BCUT2D eigenvalue weighted by Gasteiger charge is 2.20. The van der Waals surface area contributed by atoms with E-state index in [1.165, 1.54) is 5.56 Å². The van der Waals surface area contributed by atoms with Crippen LogP contribution >= 0.6 is 46.7 Å². The summed E-state index contributed by atoms with van der Waals surface area (Å²) in [6.07, 6.45) is 2.31. The van der Waals surface area contributed by atoms with Crippen LogP contribution in [0.4, 0.5) is 0 Å². The molecule has 29 heavy (non-hydrogen) atoms. The van der Waals surface area contributed by atoms with Crippen molar-refractivity contribution in [2.75, 3.05) is 19.6 Å². The van der Waals surface area contributed by atoms with E-state index in [0.717, 1.165) is 55.7 Å². The summed E-state index contributed by atoms with van der Waals surface area (Å²) in [7, 11) is 0. The van der Waals surface area contributed by atoms with Crippen LogP contribution in [0.1, 0.15) is 56.8 Å². The van der Waals surface area contributed by atoms with Gasteiger partial charge in [0.05, 0.1) is 12.2 Å². The van der Waals surface area contributed by atoms with Crippen LogP contribution in [-0.4, -0.2) is 41.5 Å². The molecule has 2 aromatic heterocycles. The van der Waals surface area contributed by atoms with Gasteiger partial charge in [0, 0.05) is 43.0 Å². The Morgan fingerprint density at radius 3 is 2.62 bits per heavy atom. The van der Waals surface area contributed by atoms with Gasteiger partial charge < -0.3 is 10.6 Å². The van der Waals surface area contributed by atoms with Crippen LogP contribution in [0.2, 0.25) is 0 Å². The van der Waals surface area contributed by atoms with Gasteiger partial charge in [0.25, 0.3) is 0 Å². The van der Waals surface area contributed by atoms with Crippen LogP contribution in [0.25, 0.3) is 0 Å². The first-order chi connectivity index (χ1) is 13.4.